The summed E-state index contributed by atoms with van der Waals surface area (Å²) in [5.41, 5.74) is 0. The summed E-state index contributed by atoms with van der Waals surface area (Å²) < 4.78 is 5.86. The van der Waals surface area contributed by atoms with Crippen LogP contribution in [0.25, 0.3) is 0 Å². The van der Waals surface area contributed by atoms with Gasteiger partial charge in [-0.25, -0.2) is 0 Å². The molecule has 3 aliphatic rings. The van der Waals surface area contributed by atoms with E-state index in [1.54, 1.807) is 0 Å². The molecule has 0 spiro atoms. The zero-order valence-electron chi connectivity index (χ0n) is 11.8. The Hall–Kier alpha value is -0.220. The van der Waals surface area contributed by atoms with E-state index in [9.17, 15) is 0 Å². The molecule has 3 fully saturated rings. The number of aliphatic imine (C=N–C) groups is 1. The predicted octanol–water partition coefficient (Wildman–Crippen LogP) is 3.20. The van der Waals surface area contributed by atoms with Crippen LogP contribution in [-0.4, -0.2) is 36.2 Å². The fourth-order valence-corrected chi connectivity index (χ4v) is 4.68. The second-order valence-corrected chi connectivity index (χ2v) is 7.08. The van der Waals surface area contributed by atoms with Crippen LogP contribution in [0.5, 0.6) is 0 Å². The highest BCUT2D eigenvalue weighted by Gasteiger charge is 2.30. The molecule has 4 heteroatoms. The molecule has 0 radical (unpaired) electrons. The Labute approximate surface area is 121 Å². The third-order valence-corrected chi connectivity index (χ3v) is 5.77. The first kappa shape index (κ1) is 13.7. The maximum absolute atomic E-state index is 5.86. The fourth-order valence-electron chi connectivity index (χ4n) is 3.50. The Morgan fingerprint density at radius 1 is 1.11 bits per heavy atom. The molecule has 0 bridgehead atoms. The minimum absolute atomic E-state index is 0.523. The van der Waals surface area contributed by atoms with Gasteiger partial charge in [-0.2, -0.15) is 0 Å². The number of hydrogen-bond donors (Lipinski definition) is 1. The van der Waals surface area contributed by atoms with E-state index in [0.717, 1.165) is 24.2 Å². The zero-order chi connectivity index (χ0) is 12.9. The molecule has 3 rings (SSSR count). The SMILES string of the molecule is C1CCC(OCCN=C2NC3CCCCC3CS2)C1. The van der Waals surface area contributed by atoms with Crippen LogP contribution < -0.4 is 5.32 Å². The maximum Gasteiger partial charge on any atom is 0.156 e. The zero-order valence-corrected chi connectivity index (χ0v) is 12.6. The Bertz CT molecular complexity index is 315. The van der Waals surface area contributed by atoms with Crippen LogP contribution >= 0.6 is 11.8 Å². The smallest absolute Gasteiger partial charge is 0.156 e. The number of fused-ring (bicyclic) bond motifs is 1. The molecule has 2 saturated carbocycles. The molecule has 0 aromatic heterocycles. The molecule has 2 aliphatic carbocycles. The lowest BCUT2D eigenvalue weighted by molar-refractivity contribution is 0.0643. The van der Waals surface area contributed by atoms with Crippen molar-refractivity contribution in [2.24, 2.45) is 10.9 Å². The Kier molecular flexibility index (Phi) is 5.05. The standard InChI is InChI=1S/C15H26N2OS/c1-4-8-14-12(5-1)11-19-15(17-14)16-9-10-18-13-6-2-3-7-13/h12-14H,1-11H2,(H,16,17). The summed E-state index contributed by atoms with van der Waals surface area (Å²) in [6, 6.07) is 0.699. The van der Waals surface area contributed by atoms with Crippen LogP contribution in [0.4, 0.5) is 0 Å². The predicted molar refractivity (Wildman–Crippen MR) is 81.8 cm³/mol. The minimum Gasteiger partial charge on any atom is -0.376 e. The van der Waals surface area contributed by atoms with Gasteiger partial charge in [0.1, 0.15) is 0 Å². The van der Waals surface area contributed by atoms with Gasteiger partial charge in [-0.05, 0) is 31.6 Å². The van der Waals surface area contributed by atoms with Crippen molar-refractivity contribution in [3.63, 3.8) is 0 Å². The van der Waals surface area contributed by atoms with E-state index >= 15 is 0 Å². The normalized spacial score (nSPS) is 34.2. The summed E-state index contributed by atoms with van der Waals surface area (Å²) in [7, 11) is 0. The largest absolute Gasteiger partial charge is 0.376 e. The van der Waals surface area contributed by atoms with Crippen molar-refractivity contribution in [2.75, 3.05) is 18.9 Å². The van der Waals surface area contributed by atoms with Gasteiger partial charge < -0.3 is 10.1 Å². The maximum atomic E-state index is 5.86. The van der Waals surface area contributed by atoms with Gasteiger partial charge in [-0.3, -0.25) is 4.99 Å². The molecule has 1 N–H and O–H groups in total. The number of ether oxygens (including phenoxy) is 1. The van der Waals surface area contributed by atoms with Crippen molar-refractivity contribution in [1.82, 2.24) is 5.32 Å². The second kappa shape index (κ2) is 6.98. The lowest BCUT2D eigenvalue weighted by Gasteiger charge is -2.36. The van der Waals surface area contributed by atoms with Gasteiger partial charge in [0, 0.05) is 11.8 Å². The molecule has 0 amide bonds. The van der Waals surface area contributed by atoms with Crippen LogP contribution in [0.1, 0.15) is 51.4 Å². The van der Waals surface area contributed by atoms with Crippen LogP contribution in [0.2, 0.25) is 0 Å². The molecule has 2 unspecified atom stereocenters. The number of nitrogens with zero attached hydrogens (tertiary/aromatic N) is 1. The number of nitrogens with one attached hydrogen (secondary N) is 1. The lowest BCUT2D eigenvalue weighted by atomic mass is 9.86. The second-order valence-electron chi connectivity index (χ2n) is 6.07. The number of thioether (sulfide) groups is 1. The summed E-state index contributed by atoms with van der Waals surface area (Å²) in [4.78, 5) is 4.68. The first-order chi connectivity index (χ1) is 9.42. The molecule has 1 saturated heterocycles. The van der Waals surface area contributed by atoms with Gasteiger partial charge in [-0.1, -0.05) is 37.4 Å². The summed E-state index contributed by atoms with van der Waals surface area (Å²) in [6.07, 6.45) is 11.3. The highest BCUT2D eigenvalue weighted by molar-refractivity contribution is 8.13. The number of rotatable bonds is 4. The van der Waals surface area contributed by atoms with Crippen LogP contribution in [0.3, 0.4) is 0 Å². The molecule has 2 atom stereocenters. The van der Waals surface area contributed by atoms with Gasteiger partial charge in [0.15, 0.2) is 5.17 Å². The Balaban J connectivity index is 1.38. The first-order valence-electron chi connectivity index (χ1n) is 7.97. The monoisotopic (exact) mass is 282 g/mol. The summed E-state index contributed by atoms with van der Waals surface area (Å²) in [5, 5.41) is 4.81. The molecule has 1 heterocycles. The van der Waals surface area contributed by atoms with E-state index in [1.165, 1.54) is 57.1 Å². The van der Waals surface area contributed by atoms with E-state index in [1.807, 2.05) is 11.8 Å². The quantitative estimate of drug-likeness (QED) is 0.804. The topological polar surface area (TPSA) is 33.6 Å². The van der Waals surface area contributed by atoms with Gasteiger partial charge >= 0.3 is 0 Å². The lowest BCUT2D eigenvalue weighted by Crippen LogP contribution is -2.46. The van der Waals surface area contributed by atoms with Crippen LogP contribution in [0.15, 0.2) is 4.99 Å². The molecule has 0 aromatic rings. The average Bonchev–Trinajstić information content (AvgIpc) is 2.97. The minimum atomic E-state index is 0.523. The first-order valence-corrected chi connectivity index (χ1v) is 8.96. The Morgan fingerprint density at radius 2 is 1.89 bits per heavy atom. The number of hydrogen-bond acceptors (Lipinski definition) is 3. The molecule has 19 heavy (non-hydrogen) atoms. The van der Waals surface area contributed by atoms with Gasteiger partial charge in [0.25, 0.3) is 0 Å². The number of amidine groups is 1. The van der Waals surface area contributed by atoms with Crippen LogP contribution in [0, 0.1) is 5.92 Å². The molecule has 108 valence electrons. The molecule has 3 nitrogen and oxygen atoms in total. The molecule has 1 aliphatic heterocycles. The molecule has 0 aromatic carbocycles. The van der Waals surface area contributed by atoms with Crippen molar-refractivity contribution in [3.8, 4) is 0 Å². The van der Waals surface area contributed by atoms with E-state index in [2.05, 4.69) is 10.3 Å². The van der Waals surface area contributed by atoms with E-state index in [4.69, 9.17) is 4.74 Å². The van der Waals surface area contributed by atoms with Crippen molar-refractivity contribution >= 4 is 16.9 Å². The highest BCUT2D eigenvalue weighted by atomic mass is 32.2. The van der Waals surface area contributed by atoms with Crippen molar-refractivity contribution in [1.29, 1.82) is 0 Å². The molecular formula is C15H26N2OS. The Morgan fingerprint density at radius 3 is 2.79 bits per heavy atom. The van der Waals surface area contributed by atoms with E-state index in [-0.39, 0.29) is 0 Å². The van der Waals surface area contributed by atoms with Gasteiger partial charge in [0.05, 0.1) is 19.3 Å². The average molecular weight is 282 g/mol. The van der Waals surface area contributed by atoms with Crippen LogP contribution in [-0.2, 0) is 4.74 Å². The summed E-state index contributed by atoms with van der Waals surface area (Å²) >= 11 is 1.91. The molecular weight excluding hydrogens is 256 g/mol. The van der Waals surface area contributed by atoms with E-state index in [0.29, 0.717) is 12.1 Å². The third kappa shape index (κ3) is 3.88. The summed E-state index contributed by atoms with van der Waals surface area (Å²) in [5.74, 6) is 2.15. The van der Waals surface area contributed by atoms with Gasteiger partial charge in [0.2, 0.25) is 0 Å². The van der Waals surface area contributed by atoms with Crippen molar-refractivity contribution in [2.45, 2.75) is 63.5 Å². The van der Waals surface area contributed by atoms with Crippen molar-refractivity contribution < 1.29 is 4.74 Å². The third-order valence-electron chi connectivity index (χ3n) is 4.65. The van der Waals surface area contributed by atoms with E-state index < -0.39 is 0 Å². The van der Waals surface area contributed by atoms with Crippen molar-refractivity contribution in [3.05, 3.63) is 0 Å². The summed E-state index contributed by atoms with van der Waals surface area (Å²) in [6.45, 7) is 1.62. The van der Waals surface area contributed by atoms with Gasteiger partial charge in [-0.15, -0.1) is 0 Å². The highest BCUT2D eigenvalue weighted by Crippen LogP contribution is 2.31. The fraction of sp³-hybridized carbons (Fsp3) is 0.933.